The van der Waals surface area contributed by atoms with Crippen LogP contribution in [0.5, 0.6) is 0 Å². The monoisotopic (exact) mass is 378 g/mol. The molecule has 0 atom stereocenters. The van der Waals surface area contributed by atoms with E-state index >= 15 is 0 Å². The fourth-order valence-corrected chi connectivity index (χ4v) is 4.77. The van der Waals surface area contributed by atoms with Gasteiger partial charge in [0.05, 0.1) is 4.90 Å². The second-order valence-corrected chi connectivity index (χ2v) is 8.63. The molecular formula is C20H30N2O3S. The summed E-state index contributed by atoms with van der Waals surface area (Å²) in [5.74, 6) is -0.0864. The van der Waals surface area contributed by atoms with Gasteiger partial charge in [0.15, 0.2) is 0 Å². The molecule has 0 saturated heterocycles. The molecule has 5 nitrogen and oxygen atoms in total. The molecule has 26 heavy (non-hydrogen) atoms. The van der Waals surface area contributed by atoms with Crippen molar-refractivity contribution in [2.75, 3.05) is 13.1 Å². The fourth-order valence-electron chi connectivity index (χ4n) is 3.31. The second-order valence-electron chi connectivity index (χ2n) is 6.69. The molecule has 1 amide bonds. The number of nitrogens with zero attached hydrogens (tertiary/aromatic N) is 1. The Bertz CT molecular complexity index is 699. The number of carbonyl (C=O) groups is 1. The van der Waals surface area contributed by atoms with Crippen LogP contribution in [0.1, 0.15) is 57.9 Å². The van der Waals surface area contributed by atoms with Gasteiger partial charge in [0.2, 0.25) is 15.9 Å². The van der Waals surface area contributed by atoms with E-state index in [1.165, 1.54) is 36.1 Å². The number of rotatable bonds is 7. The van der Waals surface area contributed by atoms with E-state index in [-0.39, 0.29) is 16.8 Å². The summed E-state index contributed by atoms with van der Waals surface area (Å²) >= 11 is 0. The van der Waals surface area contributed by atoms with Gasteiger partial charge in [0.25, 0.3) is 0 Å². The first-order chi connectivity index (χ1) is 12.5. The van der Waals surface area contributed by atoms with Crippen LogP contribution < -0.4 is 5.32 Å². The molecule has 144 valence electrons. The smallest absolute Gasteiger partial charge is 0.244 e. The molecule has 1 aliphatic carbocycles. The molecule has 0 spiro atoms. The maximum absolute atomic E-state index is 12.5. The first kappa shape index (κ1) is 20.6. The maximum Gasteiger partial charge on any atom is 0.244 e. The normalized spacial score (nSPS) is 16.7. The number of hydrogen-bond donors (Lipinski definition) is 1. The van der Waals surface area contributed by atoms with E-state index in [2.05, 4.69) is 5.32 Å². The van der Waals surface area contributed by atoms with Crippen LogP contribution in [0.2, 0.25) is 0 Å². The van der Waals surface area contributed by atoms with Crippen molar-refractivity contribution in [3.05, 3.63) is 35.9 Å². The van der Waals surface area contributed by atoms with Crippen molar-refractivity contribution in [3.8, 4) is 0 Å². The van der Waals surface area contributed by atoms with E-state index < -0.39 is 10.0 Å². The largest absolute Gasteiger partial charge is 0.350 e. The molecule has 0 aromatic heterocycles. The fraction of sp³-hybridized carbons (Fsp3) is 0.550. The van der Waals surface area contributed by atoms with Crippen LogP contribution in [-0.4, -0.2) is 37.8 Å². The highest BCUT2D eigenvalue weighted by Crippen LogP contribution is 2.18. The van der Waals surface area contributed by atoms with E-state index in [0.717, 1.165) is 18.4 Å². The summed E-state index contributed by atoms with van der Waals surface area (Å²) in [5, 5.41) is 3.07. The van der Waals surface area contributed by atoms with Crippen molar-refractivity contribution < 1.29 is 13.2 Å². The zero-order valence-electron chi connectivity index (χ0n) is 15.8. The molecule has 0 heterocycles. The Balaban J connectivity index is 1.97. The van der Waals surface area contributed by atoms with Crippen molar-refractivity contribution >= 4 is 22.0 Å². The number of amides is 1. The van der Waals surface area contributed by atoms with Gasteiger partial charge in [-0.15, -0.1) is 0 Å². The molecule has 1 fully saturated rings. The Morgan fingerprint density at radius 2 is 1.65 bits per heavy atom. The van der Waals surface area contributed by atoms with Gasteiger partial charge in [-0.1, -0.05) is 51.7 Å². The average Bonchev–Trinajstić information content (AvgIpc) is 2.90. The molecule has 1 saturated carbocycles. The molecule has 2 rings (SSSR count). The molecular weight excluding hydrogens is 348 g/mol. The Labute approximate surface area is 157 Å². The lowest BCUT2D eigenvalue weighted by atomic mass is 10.1. The summed E-state index contributed by atoms with van der Waals surface area (Å²) in [6.45, 7) is 4.54. The minimum absolute atomic E-state index is 0.0864. The predicted molar refractivity (Wildman–Crippen MR) is 105 cm³/mol. The van der Waals surface area contributed by atoms with Crippen LogP contribution in [0.15, 0.2) is 35.2 Å². The number of nitrogens with one attached hydrogen (secondary N) is 1. The Hall–Kier alpha value is -1.66. The lowest BCUT2D eigenvalue weighted by Crippen LogP contribution is -2.33. The number of hydrogen-bond acceptors (Lipinski definition) is 3. The van der Waals surface area contributed by atoms with Crippen molar-refractivity contribution in [2.24, 2.45) is 0 Å². The molecule has 1 aromatic rings. The van der Waals surface area contributed by atoms with E-state index in [4.69, 9.17) is 0 Å². The van der Waals surface area contributed by atoms with Crippen molar-refractivity contribution in [3.63, 3.8) is 0 Å². The van der Waals surface area contributed by atoms with Crippen LogP contribution in [0.3, 0.4) is 0 Å². The first-order valence-corrected chi connectivity index (χ1v) is 11.0. The van der Waals surface area contributed by atoms with Crippen LogP contribution in [0.4, 0.5) is 0 Å². The standard InChI is InChI=1S/C20H30N2O3S/c1-3-22(4-2)26(24,25)19-14-11-17(12-15-19)13-16-20(23)21-18-9-7-5-6-8-10-18/h11-16,18H,3-10H2,1-2H3,(H,21,23)/b16-13+. The minimum atomic E-state index is -3.44. The topological polar surface area (TPSA) is 66.5 Å². The van der Waals surface area contributed by atoms with Gasteiger partial charge < -0.3 is 5.32 Å². The van der Waals surface area contributed by atoms with Crippen LogP contribution >= 0.6 is 0 Å². The van der Waals surface area contributed by atoms with Gasteiger partial charge in [0, 0.05) is 25.2 Å². The summed E-state index contributed by atoms with van der Waals surface area (Å²) in [6.07, 6.45) is 10.2. The van der Waals surface area contributed by atoms with Gasteiger partial charge >= 0.3 is 0 Å². The second kappa shape index (κ2) is 9.88. The third kappa shape index (κ3) is 5.68. The summed E-state index contributed by atoms with van der Waals surface area (Å²) in [7, 11) is -3.44. The Morgan fingerprint density at radius 1 is 1.08 bits per heavy atom. The Kier molecular flexibility index (Phi) is 7.85. The molecule has 1 aliphatic rings. The van der Waals surface area contributed by atoms with Gasteiger partial charge in [-0.25, -0.2) is 8.42 Å². The lowest BCUT2D eigenvalue weighted by Gasteiger charge is -2.18. The van der Waals surface area contributed by atoms with Crippen molar-refractivity contribution in [1.29, 1.82) is 0 Å². The maximum atomic E-state index is 12.5. The van der Waals surface area contributed by atoms with E-state index in [0.29, 0.717) is 13.1 Å². The van der Waals surface area contributed by atoms with Crippen molar-refractivity contribution in [2.45, 2.75) is 63.3 Å². The molecule has 1 aromatic carbocycles. The van der Waals surface area contributed by atoms with Gasteiger partial charge in [0.1, 0.15) is 0 Å². The highest BCUT2D eigenvalue weighted by Gasteiger charge is 2.21. The SMILES string of the molecule is CCN(CC)S(=O)(=O)c1ccc(/C=C/C(=O)NC2CCCCCC2)cc1. The molecule has 0 radical (unpaired) electrons. The lowest BCUT2D eigenvalue weighted by molar-refractivity contribution is -0.117. The quantitative estimate of drug-likeness (QED) is 0.583. The summed E-state index contributed by atoms with van der Waals surface area (Å²) in [6, 6.07) is 6.92. The number of sulfonamides is 1. The zero-order chi connectivity index (χ0) is 19.0. The van der Waals surface area contributed by atoms with E-state index in [9.17, 15) is 13.2 Å². The van der Waals surface area contributed by atoms with Crippen LogP contribution in [0, 0.1) is 0 Å². The highest BCUT2D eigenvalue weighted by molar-refractivity contribution is 7.89. The van der Waals surface area contributed by atoms with Crippen LogP contribution in [0.25, 0.3) is 6.08 Å². The van der Waals surface area contributed by atoms with Crippen LogP contribution in [-0.2, 0) is 14.8 Å². The third-order valence-corrected chi connectivity index (χ3v) is 6.92. The molecule has 6 heteroatoms. The van der Waals surface area contributed by atoms with E-state index in [1.54, 1.807) is 30.3 Å². The minimum Gasteiger partial charge on any atom is -0.350 e. The number of benzene rings is 1. The zero-order valence-corrected chi connectivity index (χ0v) is 16.6. The number of carbonyl (C=O) groups excluding carboxylic acids is 1. The summed E-state index contributed by atoms with van der Waals surface area (Å²) in [5.41, 5.74) is 0.805. The first-order valence-electron chi connectivity index (χ1n) is 9.56. The average molecular weight is 379 g/mol. The molecule has 0 unspecified atom stereocenters. The van der Waals surface area contributed by atoms with Gasteiger partial charge in [-0.3, -0.25) is 4.79 Å². The van der Waals surface area contributed by atoms with Crippen molar-refractivity contribution in [1.82, 2.24) is 9.62 Å². The Morgan fingerprint density at radius 3 is 2.19 bits per heavy atom. The van der Waals surface area contributed by atoms with E-state index in [1.807, 2.05) is 13.8 Å². The van der Waals surface area contributed by atoms with Gasteiger partial charge in [-0.2, -0.15) is 4.31 Å². The molecule has 0 aliphatic heterocycles. The third-order valence-electron chi connectivity index (χ3n) is 4.85. The highest BCUT2D eigenvalue weighted by atomic mass is 32.2. The van der Waals surface area contributed by atoms with Gasteiger partial charge in [-0.05, 0) is 36.6 Å². The summed E-state index contributed by atoms with van der Waals surface area (Å²) < 4.78 is 26.4. The predicted octanol–water partition coefficient (Wildman–Crippen LogP) is 3.57. The molecule has 0 bridgehead atoms. The molecule has 1 N–H and O–H groups in total. The summed E-state index contributed by atoms with van der Waals surface area (Å²) in [4.78, 5) is 12.4.